The molecule has 11 heteroatoms. The fourth-order valence-electron chi connectivity index (χ4n) is 3.21. The highest BCUT2D eigenvalue weighted by atomic mass is 16.7. The third kappa shape index (κ3) is 16.5. The summed E-state index contributed by atoms with van der Waals surface area (Å²) >= 11 is 0. The topological polar surface area (TPSA) is 150 Å². The summed E-state index contributed by atoms with van der Waals surface area (Å²) in [6.07, 6.45) is -1.00. The first-order chi connectivity index (χ1) is 19.1. The Morgan fingerprint density at radius 1 is 0.805 bits per heavy atom. The summed E-state index contributed by atoms with van der Waals surface area (Å²) < 4.78 is 31.2. The normalized spacial score (nSPS) is 12.9. The van der Waals surface area contributed by atoms with Crippen LogP contribution in [-0.4, -0.2) is 56.2 Å². The summed E-state index contributed by atoms with van der Waals surface area (Å²) in [7, 11) is 0. The first kappa shape index (κ1) is 35.7. The molecule has 0 bridgehead atoms. The van der Waals surface area contributed by atoms with Crippen molar-refractivity contribution in [2.75, 3.05) is 19.8 Å². The fourth-order valence-corrected chi connectivity index (χ4v) is 3.21. The van der Waals surface area contributed by atoms with E-state index in [9.17, 15) is 19.2 Å². The van der Waals surface area contributed by atoms with Crippen molar-refractivity contribution >= 4 is 24.2 Å². The van der Waals surface area contributed by atoms with E-state index in [0.29, 0.717) is 30.2 Å². The third-order valence-corrected chi connectivity index (χ3v) is 5.45. The predicted octanol–water partition coefficient (Wildman–Crippen LogP) is 5.59. The van der Waals surface area contributed by atoms with Crippen LogP contribution in [0.15, 0.2) is 18.2 Å². The molecule has 0 aromatic heterocycles. The van der Waals surface area contributed by atoms with E-state index in [-0.39, 0.29) is 55.5 Å². The van der Waals surface area contributed by atoms with Gasteiger partial charge in [-0.3, -0.25) is 9.59 Å². The summed E-state index contributed by atoms with van der Waals surface area (Å²) in [4.78, 5) is 48.9. The quantitative estimate of drug-likeness (QED) is 0.157. The Balaban J connectivity index is 2.84. The Bertz CT molecular complexity index is 999. The van der Waals surface area contributed by atoms with Crippen LogP contribution in [0.4, 0.5) is 9.59 Å². The first-order valence-corrected chi connectivity index (χ1v) is 14.0. The van der Waals surface area contributed by atoms with Crippen LogP contribution < -0.4 is 15.2 Å². The molecular weight excluding hydrogens is 534 g/mol. The molecule has 0 aliphatic carbocycles. The zero-order valence-corrected chi connectivity index (χ0v) is 25.7. The molecule has 0 saturated heterocycles. The van der Waals surface area contributed by atoms with Crippen molar-refractivity contribution in [1.29, 1.82) is 0 Å². The van der Waals surface area contributed by atoms with Crippen molar-refractivity contribution in [1.82, 2.24) is 0 Å². The summed E-state index contributed by atoms with van der Waals surface area (Å²) in [5.74, 6) is -0.585. The highest BCUT2D eigenvalue weighted by molar-refractivity contribution is 5.76. The van der Waals surface area contributed by atoms with Gasteiger partial charge in [-0.1, -0.05) is 54.5 Å². The van der Waals surface area contributed by atoms with E-state index in [0.717, 1.165) is 0 Å². The number of carbonyl (C=O) groups excluding carboxylic acids is 4. The lowest BCUT2D eigenvalue weighted by Crippen LogP contribution is -2.36. The van der Waals surface area contributed by atoms with Gasteiger partial charge < -0.3 is 34.2 Å². The Labute approximate surface area is 243 Å². The largest absolute Gasteiger partial charge is 0.513 e. The third-order valence-electron chi connectivity index (χ3n) is 5.45. The minimum atomic E-state index is -1.06. The van der Waals surface area contributed by atoms with Crippen LogP contribution in [0.3, 0.4) is 0 Å². The van der Waals surface area contributed by atoms with Crippen LogP contribution in [0.2, 0.25) is 0 Å². The van der Waals surface area contributed by atoms with E-state index < -0.39 is 30.4 Å². The molecule has 0 amide bonds. The summed E-state index contributed by atoms with van der Waals surface area (Å²) in [6.45, 7) is 15.5. The molecule has 0 unspecified atom stereocenters. The molecular formula is C30H47NO10. The number of rotatable bonds is 15. The van der Waals surface area contributed by atoms with Crippen molar-refractivity contribution in [3.63, 3.8) is 0 Å². The van der Waals surface area contributed by atoms with Gasteiger partial charge in [-0.25, -0.2) is 9.59 Å². The standard InChI is InChI=1S/C30H47NO10/c1-19(2)11-13-36-28(34)40-24-10-9-22(16-25(24)41-29(35)37-14-12-20(3)4)15-23(31)27(33)38-18-21(5)39-26(32)17-30(6,7)8/h9-10,16,19-21,23H,11-15,17-18,31H2,1-8H3/t21-,23-/m0/s1. The Kier molecular flexibility index (Phi) is 15.2. The van der Waals surface area contributed by atoms with Gasteiger partial charge in [0.25, 0.3) is 0 Å². The molecule has 0 fully saturated rings. The second-order valence-corrected chi connectivity index (χ2v) is 12.0. The SMILES string of the molecule is CC(C)CCOC(=O)Oc1ccc(C[C@H](N)C(=O)OC[C@H](C)OC(=O)CC(C)(C)C)cc1OC(=O)OCCC(C)C. The number of benzene rings is 1. The Morgan fingerprint density at radius 2 is 1.34 bits per heavy atom. The van der Waals surface area contributed by atoms with Gasteiger partial charge in [0.15, 0.2) is 11.5 Å². The maximum atomic E-state index is 12.5. The second kappa shape index (κ2) is 17.5. The lowest BCUT2D eigenvalue weighted by Gasteiger charge is -2.20. The molecule has 1 rings (SSSR count). The first-order valence-electron chi connectivity index (χ1n) is 14.0. The molecule has 0 spiro atoms. The summed E-state index contributed by atoms with van der Waals surface area (Å²) in [6, 6.07) is 3.33. The van der Waals surface area contributed by atoms with Gasteiger partial charge >= 0.3 is 24.2 Å². The molecule has 1 aromatic carbocycles. The maximum absolute atomic E-state index is 12.5. The molecule has 0 radical (unpaired) electrons. The van der Waals surface area contributed by atoms with Gasteiger partial charge in [-0.05, 0) is 61.1 Å². The van der Waals surface area contributed by atoms with Crippen LogP contribution in [0, 0.1) is 17.3 Å². The van der Waals surface area contributed by atoms with Crippen LogP contribution in [0.1, 0.15) is 80.2 Å². The monoisotopic (exact) mass is 581 g/mol. The van der Waals surface area contributed by atoms with Gasteiger partial charge in [-0.15, -0.1) is 0 Å². The van der Waals surface area contributed by atoms with Crippen molar-refractivity contribution < 1.29 is 47.6 Å². The zero-order chi connectivity index (χ0) is 31.2. The van der Waals surface area contributed by atoms with Crippen molar-refractivity contribution in [3.8, 4) is 11.5 Å². The number of ether oxygens (including phenoxy) is 6. The molecule has 2 atom stereocenters. The van der Waals surface area contributed by atoms with E-state index in [4.69, 9.17) is 34.2 Å². The van der Waals surface area contributed by atoms with E-state index in [1.165, 1.54) is 12.1 Å². The average Bonchev–Trinajstić information content (AvgIpc) is 2.82. The lowest BCUT2D eigenvalue weighted by molar-refractivity contribution is -0.160. The average molecular weight is 582 g/mol. The molecule has 0 heterocycles. The van der Waals surface area contributed by atoms with Crippen molar-refractivity contribution in [2.45, 2.75) is 93.2 Å². The minimum Gasteiger partial charge on any atom is -0.461 e. The van der Waals surface area contributed by atoms with Crippen LogP contribution >= 0.6 is 0 Å². The van der Waals surface area contributed by atoms with Gasteiger partial charge in [-0.2, -0.15) is 0 Å². The van der Waals surface area contributed by atoms with Gasteiger partial charge in [0.05, 0.1) is 19.6 Å². The van der Waals surface area contributed by atoms with Gasteiger partial charge in [0.1, 0.15) is 18.8 Å². The van der Waals surface area contributed by atoms with E-state index in [1.807, 2.05) is 48.5 Å². The smallest absolute Gasteiger partial charge is 0.461 e. The molecule has 1 aromatic rings. The number of esters is 2. The summed E-state index contributed by atoms with van der Waals surface area (Å²) in [5.41, 5.74) is 6.32. The number of hydrogen-bond acceptors (Lipinski definition) is 11. The second-order valence-electron chi connectivity index (χ2n) is 12.0. The van der Waals surface area contributed by atoms with E-state index in [2.05, 4.69) is 0 Å². The Hall–Kier alpha value is -3.34. The van der Waals surface area contributed by atoms with Gasteiger partial charge in [0, 0.05) is 0 Å². The number of hydrogen-bond donors (Lipinski definition) is 1. The maximum Gasteiger partial charge on any atom is 0.513 e. The molecule has 41 heavy (non-hydrogen) atoms. The summed E-state index contributed by atoms with van der Waals surface area (Å²) in [5, 5.41) is 0. The highest BCUT2D eigenvalue weighted by Crippen LogP contribution is 2.30. The van der Waals surface area contributed by atoms with Crippen LogP contribution in [0.5, 0.6) is 11.5 Å². The van der Waals surface area contributed by atoms with Crippen molar-refractivity contribution in [2.24, 2.45) is 23.0 Å². The molecule has 2 N–H and O–H groups in total. The molecule has 11 nitrogen and oxygen atoms in total. The van der Waals surface area contributed by atoms with Crippen LogP contribution in [0.25, 0.3) is 0 Å². The number of nitrogens with two attached hydrogens (primary N) is 1. The molecule has 232 valence electrons. The van der Waals surface area contributed by atoms with Crippen LogP contribution in [-0.2, 0) is 35.0 Å². The number of carbonyl (C=O) groups is 4. The molecule has 0 saturated carbocycles. The predicted molar refractivity (Wildman–Crippen MR) is 152 cm³/mol. The molecule has 0 aliphatic rings. The highest BCUT2D eigenvalue weighted by Gasteiger charge is 2.23. The van der Waals surface area contributed by atoms with E-state index >= 15 is 0 Å². The fraction of sp³-hybridized carbons (Fsp3) is 0.667. The molecule has 0 aliphatic heterocycles. The lowest BCUT2D eigenvalue weighted by atomic mass is 9.92. The van der Waals surface area contributed by atoms with Crippen molar-refractivity contribution in [3.05, 3.63) is 23.8 Å². The van der Waals surface area contributed by atoms with Gasteiger partial charge in [0.2, 0.25) is 0 Å². The van der Waals surface area contributed by atoms with E-state index in [1.54, 1.807) is 13.0 Å². The Morgan fingerprint density at radius 3 is 1.85 bits per heavy atom. The zero-order valence-electron chi connectivity index (χ0n) is 25.7. The minimum absolute atomic E-state index is 0.0227.